The van der Waals surface area contributed by atoms with Crippen LogP contribution in [0.2, 0.25) is 0 Å². The fraction of sp³-hybridized carbons (Fsp3) is 0.562. The minimum Gasteiger partial charge on any atom is -0.478 e. The van der Waals surface area contributed by atoms with Gasteiger partial charge >= 0.3 is 5.97 Å². The van der Waals surface area contributed by atoms with Crippen molar-refractivity contribution in [2.45, 2.75) is 26.7 Å². The van der Waals surface area contributed by atoms with Gasteiger partial charge in [-0.05, 0) is 36.5 Å². The van der Waals surface area contributed by atoms with Crippen LogP contribution in [0.25, 0.3) is 0 Å². The first-order valence-electron chi connectivity index (χ1n) is 7.96. The number of hydrogen-bond acceptors (Lipinski definition) is 3. The highest BCUT2D eigenvalue weighted by molar-refractivity contribution is 7.86. The Bertz CT molecular complexity index is 656. The summed E-state index contributed by atoms with van der Waals surface area (Å²) in [4.78, 5) is 11.0. The first kappa shape index (κ1) is 17.9. The van der Waals surface area contributed by atoms with Crippen molar-refractivity contribution in [3.05, 3.63) is 35.4 Å². The Kier molecular flexibility index (Phi) is 5.78. The predicted octanol–water partition coefficient (Wildman–Crippen LogP) is 1.84. The van der Waals surface area contributed by atoms with Gasteiger partial charge in [0.2, 0.25) is 0 Å². The van der Waals surface area contributed by atoms with E-state index in [0.29, 0.717) is 32.6 Å². The number of hydrogen-bond donors (Lipinski definition) is 1. The molecule has 1 heterocycles. The lowest BCUT2D eigenvalue weighted by Gasteiger charge is -2.25. The molecule has 0 aromatic heterocycles. The summed E-state index contributed by atoms with van der Waals surface area (Å²) < 4.78 is 28.0. The summed E-state index contributed by atoms with van der Waals surface area (Å²) in [6.07, 6.45) is 1.50. The smallest absolute Gasteiger partial charge is 0.335 e. The summed E-state index contributed by atoms with van der Waals surface area (Å²) in [7, 11) is -3.38. The average Bonchev–Trinajstić information content (AvgIpc) is 2.97. The topological polar surface area (TPSA) is 77.9 Å². The summed E-state index contributed by atoms with van der Waals surface area (Å²) in [5, 5.41) is 9.04. The first-order chi connectivity index (χ1) is 10.9. The van der Waals surface area contributed by atoms with Gasteiger partial charge in [0.25, 0.3) is 10.2 Å². The van der Waals surface area contributed by atoms with E-state index in [0.717, 1.165) is 12.0 Å². The van der Waals surface area contributed by atoms with Gasteiger partial charge in [0, 0.05) is 26.2 Å². The highest BCUT2D eigenvalue weighted by Crippen LogP contribution is 2.25. The summed E-state index contributed by atoms with van der Waals surface area (Å²) in [6.45, 7) is 5.65. The third kappa shape index (κ3) is 4.10. The number of nitrogens with zero attached hydrogens (tertiary/aromatic N) is 2. The van der Waals surface area contributed by atoms with Crippen LogP contribution in [0.5, 0.6) is 0 Å². The van der Waals surface area contributed by atoms with E-state index in [1.807, 2.05) is 19.9 Å². The fourth-order valence-electron chi connectivity index (χ4n) is 3.05. The van der Waals surface area contributed by atoms with Crippen LogP contribution < -0.4 is 0 Å². The Morgan fingerprint density at radius 3 is 2.65 bits per heavy atom. The molecule has 0 bridgehead atoms. The van der Waals surface area contributed by atoms with E-state index in [4.69, 9.17) is 5.11 Å². The summed E-state index contributed by atoms with van der Waals surface area (Å²) in [6, 6.07) is 6.87. The molecule has 0 saturated carbocycles. The van der Waals surface area contributed by atoms with Crippen molar-refractivity contribution < 1.29 is 18.3 Å². The lowest BCUT2D eigenvalue weighted by atomic mass is 9.97. The molecule has 1 aliphatic heterocycles. The highest BCUT2D eigenvalue weighted by Gasteiger charge is 2.34. The van der Waals surface area contributed by atoms with Crippen LogP contribution in [0.1, 0.15) is 36.2 Å². The van der Waals surface area contributed by atoms with E-state index in [1.54, 1.807) is 22.5 Å². The largest absolute Gasteiger partial charge is 0.478 e. The molecule has 23 heavy (non-hydrogen) atoms. The average molecular weight is 340 g/mol. The predicted molar refractivity (Wildman–Crippen MR) is 88.6 cm³/mol. The van der Waals surface area contributed by atoms with E-state index in [-0.39, 0.29) is 11.5 Å². The minimum absolute atomic E-state index is 0.226. The number of aromatic carboxylic acids is 1. The Balaban J connectivity index is 2.03. The molecular formula is C16H24N2O4S. The third-order valence-corrected chi connectivity index (χ3v) is 6.46. The van der Waals surface area contributed by atoms with Crippen molar-refractivity contribution >= 4 is 16.2 Å². The molecule has 1 fully saturated rings. The molecule has 1 aliphatic rings. The van der Waals surface area contributed by atoms with Gasteiger partial charge in [-0.25, -0.2) is 4.79 Å². The van der Waals surface area contributed by atoms with Crippen LogP contribution in [0.4, 0.5) is 0 Å². The monoisotopic (exact) mass is 340 g/mol. The van der Waals surface area contributed by atoms with Crippen molar-refractivity contribution in [1.29, 1.82) is 0 Å². The van der Waals surface area contributed by atoms with E-state index < -0.39 is 16.2 Å². The van der Waals surface area contributed by atoms with Gasteiger partial charge in [0.15, 0.2) is 0 Å². The van der Waals surface area contributed by atoms with Gasteiger partial charge in [-0.1, -0.05) is 26.0 Å². The lowest BCUT2D eigenvalue weighted by molar-refractivity contribution is 0.0696. The van der Waals surface area contributed by atoms with Crippen LogP contribution in [0, 0.1) is 5.92 Å². The lowest BCUT2D eigenvalue weighted by Crippen LogP contribution is -2.42. The van der Waals surface area contributed by atoms with Crippen molar-refractivity contribution in [2.75, 3.05) is 26.2 Å². The molecule has 0 unspecified atom stereocenters. The number of carboxylic acids is 1. The van der Waals surface area contributed by atoms with Gasteiger partial charge in [0.1, 0.15) is 0 Å². The molecule has 1 aromatic rings. The molecule has 1 atom stereocenters. The van der Waals surface area contributed by atoms with Crippen molar-refractivity contribution in [3.8, 4) is 0 Å². The second kappa shape index (κ2) is 7.42. The molecule has 0 radical (unpaired) electrons. The second-order valence-corrected chi connectivity index (χ2v) is 7.74. The van der Waals surface area contributed by atoms with Crippen molar-refractivity contribution in [1.82, 2.24) is 8.61 Å². The van der Waals surface area contributed by atoms with Gasteiger partial charge in [-0.3, -0.25) is 0 Å². The summed E-state index contributed by atoms with van der Waals surface area (Å²) in [5.41, 5.74) is 1.21. The van der Waals surface area contributed by atoms with Crippen LogP contribution in [-0.4, -0.2) is 54.3 Å². The van der Waals surface area contributed by atoms with Gasteiger partial charge in [0.05, 0.1) is 5.56 Å². The highest BCUT2D eigenvalue weighted by atomic mass is 32.2. The summed E-state index contributed by atoms with van der Waals surface area (Å²) >= 11 is 0. The molecule has 6 nitrogen and oxygen atoms in total. The molecule has 7 heteroatoms. The molecule has 1 N–H and O–H groups in total. The van der Waals surface area contributed by atoms with Crippen molar-refractivity contribution in [2.24, 2.45) is 5.92 Å². The zero-order chi connectivity index (χ0) is 17.0. The van der Waals surface area contributed by atoms with Gasteiger partial charge in [-0.2, -0.15) is 17.0 Å². The quantitative estimate of drug-likeness (QED) is 0.821. The van der Waals surface area contributed by atoms with Gasteiger partial charge < -0.3 is 5.11 Å². The third-order valence-electron chi connectivity index (χ3n) is 4.30. The Hall–Kier alpha value is -1.44. The van der Waals surface area contributed by atoms with E-state index in [1.165, 1.54) is 4.31 Å². The maximum atomic E-state index is 12.5. The maximum absolute atomic E-state index is 12.5. The van der Waals surface area contributed by atoms with Crippen LogP contribution in [0.3, 0.4) is 0 Å². The molecule has 0 amide bonds. The van der Waals surface area contributed by atoms with E-state index in [9.17, 15) is 13.2 Å². The molecule has 128 valence electrons. The summed E-state index contributed by atoms with van der Waals surface area (Å²) in [5.74, 6) is -0.714. The number of carboxylic acid groups (broad SMARTS) is 1. The van der Waals surface area contributed by atoms with E-state index in [2.05, 4.69) is 0 Å². The minimum atomic E-state index is -3.38. The zero-order valence-electron chi connectivity index (χ0n) is 13.6. The number of carbonyl (C=O) groups is 1. The normalized spacial score (nSPS) is 19.3. The molecule has 0 spiro atoms. The zero-order valence-corrected chi connectivity index (χ0v) is 14.4. The number of benzene rings is 1. The van der Waals surface area contributed by atoms with Crippen molar-refractivity contribution in [3.63, 3.8) is 0 Å². The maximum Gasteiger partial charge on any atom is 0.335 e. The van der Waals surface area contributed by atoms with Crippen LogP contribution in [0.15, 0.2) is 24.3 Å². The molecular weight excluding hydrogens is 316 g/mol. The molecule has 1 aromatic carbocycles. The SMILES string of the molecule is CCN(CC)S(=O)(=O)N1CC[C@H](Cc2cccc(C(=O)O)c2)C1. The van der Waals surface area contributed by atoms with Crippen LogP contribution >= 0.6 is 0 Å². The van der Waals surface area contributed by atoms with Crippen LogP contribution in [-0.2, 0) is 16.6 Å². The van der Waals surface area contributed by atoms with Gasteiger partial charge in [-0.15, -0.1) is 0 Å². The number of rotatable bonds is 7. The standard InChI is InChI=1S/C16H24N2O4S/c1-3-17(4-2)23(21,22)18-9-8-14(12-18)10-13-6-5-7-15(11-13)16(19)20/h5-7,11,14H,3-4,8-10,12H2,1-2H3,(H,19,20)/t14-/m1/s1. The first-order valence-corrected chi connectivity index (χ1v) is 9.35. The second-order valence-electron chi connectivity index (χ2n) is 5.81. The Morgan fingerprint density at radius 1 is 1.35 bits per heavy atom. The van der Waals surface area contributed by atoms with E-state index >= 15 is 0 Å². The Labute approximate surface area is 137 Å². The fourth-order valence-corrected chi connectivity index (χ4v) is 4.77. The molecule has 0 aliphatic carbocycles. The molecule has 2 rings (SSSR count). The molecule has 1 saturated heterocycles. The Morgan fingerprint density at radius 2 is 2.04 bits per heavy atom.